The van der Waals surface area contributed by atoms with E-state index < -0.39 is 0 Å². The minimum Gasteiger partial charge on any atom is -0.496 e. The van der Waals surface area contributed by atoms with Gasteiger partial charge in [0.1, 0.15) is 17.9 Å². The van der Waals surface area contributed by atoms with Crippen LogP contribution in [-0.4, -0.2) is 30.1 Å². The van der Waals surface area contributed by atoms with Gasteiger partial charge in [-0.05, 0) is 88.3 Å². The van der Waals surface area contributed by atoms with Crippen LogP contribution in [0.3, 0.4) is 0 Å². The molecule has 42 heavy (non-hydrogen) atoms. The van der Waals surface area contributed by atoms with Crippen LogP contribution in [0.25, 0.3) is 33.5 Å². The highest BCUT2D eigenvalue weighted by molar-refractivity contribution is 14.1. The lowest BCUT2D eigenvalue weighted by Gasteiger charge is -2.14. The van der Waals surface area contributed by atoms with Gasteiger partial charge in [0.2, 0.25) is 5.82 Å². The van der Waals surface area contributed by atoms with Gasteiger partial charge in [-0.2, -0.15) is 9.78 Å². The van der Waals surface area contributed by atoms with E-state index in [2.05, 4.69) is 27.7 Å². The Bertz CT molecular complexity index is 2020. The van der Waals surface area contributed by atoms with Crippen molar-refractivity contribution in [3.05, 3.63) is 115 Å². The molecule has 6 rings (SSSR count). The molecule has 0 fully saturated rings. The maximum absolute atomic E-state index is 13.7. The first-order valence-corrected chi connectivity index (χ1v) is 14.3. The molecule has 0 aliphatic carbocycles. The minimum atomic E-state index is -0.330. The highest BCUT2D eigenvalue weighted by Gasteiger charge is 2.18. The molecule has 6 aromatic rings. The van der Waals surface area contributed by atoms with Crippen molar-refractivity contribution in [2.24, 2.45) is 5.10 Å². The Morgan fingerprint density at radius 1 is 0.952 bits per heavy atom. The Morgan fingerprint density at radius 2 is 1.74 bits per heavy atom. The Morgan fingerprint density at radius 3 is 2.52 bits per heavy atom. The molecule has 0 amide bonds. The standard InChI is InChI=1S/C32H23ClIN3O5/c1-39-26-8-5-9-27-23(26)16-29(42-27)31-36-25-7-4-3-6-22(25)32(38)37(31)35-17-20-14-24(34)30(28(15-20)40-2)41-18-19-10-12-21(33)13-11-19/h3-17H,18H2,1-2H3. The monoisotopic (exact) mass is 691 g/mol. The van der Waals surface area contributed by atoms with Gasteiger partial charge < -0.3 is 18.6 Å². The Labute approximate surface area is 259 Å². The molecule has 210 valence electrons. The number of methoxy groups -OCH3 is 2. The fourth-order valence-electron chi connectivity index (χ4n) is 4.53. The first kappa shape index (κ1) is 27.8. The molecule has 0 aliphatic heterocycles. The van der Waals surface area contributed by atoms with Crippen LogP contribution in [0.1, 0.15) is 11.1 Å². The van der Waals surface area contributed by atoms with E-state index in [0.717, 1.165) is 14.5 Å². The normalized spacial score (nSPS) is 11.4. The van der Waals surface area contributed by atoms with E-state index >= 15 is 0 Å². The van der Waals surface area contributed by atoms with E-state index in [0.29, 0.717) is 56.7 Å². The maximum atomic E-state index is 13.7. The lowest BCUT2D eigenvalue weighted by Crippen LogP contribution is -2.20. The molecule has 0 radical (unpaired) electrons. The number of furan rings is 1. The Hall–Kier alpha value is -4.35. The van der Waals surface area contributed by atoms with Crippen molar-refractivity contribution in [1.82, 2.24) is 9.66 Å². The highest BCUT2D eigenvalue weighted by atomic mass is 127. The van der Waals surface area contributed by atoms with Gasteiger partial charge in [0, 0.05) is 5.02 Å². The third kappa shape index (κ3) is 5.45. The van der Waals surface area contributed by atoms with Crippen LogP contribution in [0.4, 0.5) is 0 Å². The topological polar surface area (TPSA) is 88.1 Å². The number of rotatable bonds is 8. The second-order valence-corrected chi connectivity index (χ2v) is 10.8. The van der Waals surface area contributed by atoms with Crippen LogP contribution < -0.4 is 19.8 Å². The molecule has 10 heteroatoms. The minimum absolute atomic E-state index is 0.262. The predicted molar refractivity (Wildman–Crippen MR) is 172 cm³/mol. The second-order valence-electron chi connectivity index (χ2n) is 9.25. The summed E-state index contributed by atoms with van der Waals surface area (Å²) in [5.74, 6) is 2.43. The van der Waals surface area contributed by atoms with Gasteiger partial charge in [-0.25, -0.2) is 4.98 Å². The van der Waals surface area contributed by atoms with Gasteiger partial charge in [0.05, 0.1) is 40.3 Å². The van der Waals surface area contributed by atoms with E-state index in [9.17, 15) is 4.79 Å². The molecule has 0 aliphatic rings. The third-order valence-corrected chi connectivity index (χ3v) is 7.64. The Balaban J connectivity index is 1.40. The SMILES string of the molecule is COc1cc(C=Nn2c(-c3cc4c(OC)cccc4o3)nc3ccccc3c2=O)cc(I)c1OCc1ccc(Cl)cc1. The molecule has 2 aromatic heterocycles. The summed E-state index contributed by atoms with van der Waals surface area (Å²) in [6.45, 7) is 0.348. The second kappa shape index (κ2) is 11.9. The van der Waals surface area contributed by atoms with E-state index in [1.807, 2.05) is 54.6 Å². The van der Waals surface area contributed by atoms with Crippen LogP contribution in [-0.2, 0) is 6.61 Å². The molecule has 4 aromatic carbocycles. The maximum Gasteiger partial charge on any atom is 0.282 e. The molecule has 0 unspecified atom stereocenters. The van der Waals surface area contributed by atoms with Crippen molar-refractivity contribution >= 4 is 62.3 Å². The van der Waals surface area contributed by atoms with E-state index in [4.69, 9.17) is 35.2 Å². The lowest BCUT2D eigenvalue weighted by atomic mass is 10.2. The average Bonchev–Trinajstić information content (AvgIpc) is 3.45. The quantitative estimate of drug-likeness (QED) is 0.121. The van der Waals surface area contributed by atoms with Gasteiger partial charge >= 0.3 is 0 Å². The summed E-state index contributed by atoms with van der Waals surface area (Å²) in [6.07, 6.45) is 1.58. The number of halogens is 2. The number of hydrogen-bond donors (Lipinski definition) is 0. The largest absolute Gasteiger partial charge is 0.496 e. The molecule has 0 saturated carbocycles. The zero-order chi connectivity index (χ0) is 29.2. The molecule has 2 heterocycles. The summed E-state index contributed by atoms with van der Waals surface area (Å²) >= 11 is 8.19. The molecular formula is C32H23ClIN3O5. The smallest absolute Gasteiger partial charge is 0.282 e. The third-order valence-electron chi connectivity index (χ3n) is 6.59. The van der Waals surface area contributed by atoms with Crippen LogP contribution >= 0.6 is 34.2 Å². The van der Waals surface area contributed by atoms with Gasteiger partial charge in [0.15, 0.2) is 17.3 Å². The van der Waals surface area contributed by atoms with Crippen molar-refractivity contribution in [2.45, 2.75) is 6.61 Å². The fraction of sp³-hybridized carbons (Fsp3) is 0.0938. The molecule has 0 bridgehead atoms. The molecule has 0 N–H and O–H groups in total. The van der Waals surface area contributed by atoms with Crippen molar-refractivity contribution < 1.29 is 18.6 Å². The number of fused-ring (bicyclic) bond motifs is 2. The van der Waals surface area contributed by atoms with Crippen molar-refractivity contribution in [3.8, 4) is 28.8 Å². The number of aromatic nitrogens is 2. The van der Waals surface area contributed by atoms with Crippen molar-refractivity contribution in [2.75, 3.05) is 14.2 Å². The highest BCUT2D eigenvalue weighted by Crippen LogP contribution is 2.35. The van der Waals surface area contributed by atoms with Gasteiger partial charge in [-0.3, -0.25) is 4.79 Å². The molecule has 0 atom stereocenters. The number of benzene rings is 4. The first-order chi connectivity index (χ1) is 20.4. The first-order valence-electron chi connectivity index (χ1n) is 12.8. The summed E-state index contributed by atoms with van der Waals surface area (Å²) in [7, 11) is 3.17. The zero-order valence-electron chi connectivity index (χ0n) is 22.5. The summed E-state index contributed by atoms with van der Waals surface area (Å²) in [4.78, 5) is 18.4. The summed E-state index contributed by atoms with van der Waals surface area (Å²) in [6, 6.07) is 25.6. The number of nitrogens with zero attached hydrogens (tertiary/aromatic N) is 3. The molecule has 0 spiro atoms. The van der Waals surface area contributed by atoms with E-state index in [1.165, 1.54) is 4.68 Å². The Kier molecular flexibility index (Phi) is 7.86. The number of ether oxygens (including phenoxy) is 3. The molecule has 8 nitrogen and oxygen atoms in total. The lowest BCUT2D eigenvalue weighted by molar-refractivity contribution is 0.282. The summed E-state index contributed by atoms with van der Waals surface area (Å²) in [5.41, 5.74) is 2.49. The van der Waals surface area contributed by atoms with Gasteiger partial charge in [0.25, 0.3) is 5.56 Å². The van der Waals surface area contributed by atoms with Crippen molar-refractivity contribution in [3.63, 3.8) is 0 Å². The van der Waals surface area contributed by atoms with Gasteiger partial charge in [-0.15, -0.1) is 0 Å². The number of para-hydroxylation sites is 1. The average molecular weight is 692 g/mol. The van der Waals surface area contributed by atoms with Crippen LogP contribution in [0, 0.1) is 3.57 Å². The predicted octanol–water partition coefficient (Wildman–Crippen LogP) is 7.55. The van der Waals surface area contributed by atoms with Gasteiger partial charge in [-0.1, -0.05) is 41.9 Å². The fourth-order valence-corrected chi connectivity index (χ4v) is 5.43. The van der Waals surface area contributed by atoms with E-state index in [1.54, 1.807) is 50.8 Å². The molecule has 0 saturated heterocycles. The summed E-state index contributed by atoms with van der Waals surface area (Å²) < 4.78 is 25.4. The van der Waals surface area contributed by atoms with Crippen LogP contribution in [0.15, 0.2) is 99.2 Å². The summed E-state index contributed by atoms with van der Waals surface area (Å²) in [5, 5.41) is 6.44. The van der Waals surface area contributed by atoms with Crippen LogP contribution in [0.2, 0.25) is 5.02 Å². The van der Waals surface area contributed by atoms with Crippen molar-refractivity contribution in [1.29, 1.82) is 0 Å². The molecular weight excluding hydrogens is 669 g/mol. The number of hydrogen-bond acceptors (Lipinski definition) is 7. The zero-order valence-corrected chi connectivity index (χ0v) is 25.4. The van der Waals surface area contributed by atoms with E-state index in [-0.39, 0.29) is 11.4 Å². The van der Waals surface area contributed by atoms with Crippen LogP contribution in [0.5, 0.6) is 17.2 Å².